The van der Waals surface area contributed by atoms with Crippen molar-refractivity contribution in [1.29, 1.82) is 0 Å². The van der Waals surface area contributed by atoms with Crippen LogP contribution in [0.15, 0.2) is 24.3 Å². The summed E-state index contributed by atoms with van der Waals surface area (Å²) in [5.41, 5.74) is 1.30. The Balaban J connectivity index is 1.45. The highest BCUT2D eigenvalue weighted by Crippen LogP contribution is 2.23. The van der Waals surface area contributed by atoms with E-state index in [1.807, 2.05) is 12.1 Å². The van der Waals surface area contributed by atoms with Crippen LogP contribution < -0.4 is 10.1 Å². The number of ether oxygens (including phenoxy) is 1. The fraction of sp³-hybridized carbons (Fsp3) is 0.588. The molecular weight excluding hydrogens is 264 g/mol. The van der Waals surface area contributed by atoms with Crippen molar-refractivity contribution >= 4 is 5.91 Å². The van der Waals surface area contributed by atoms with Crippen molar-refractivity contribution < 1.29 is 9.53 Å². The Bertz CT molecular complexity index is 474. The van der Waals surface area contributed by atoms with Crippen LogP contribution in [0.1, 0.15) is 31.2 Å². The first-order valence-corrected chi connectivity index (χ1v) is 7.90. The Morgan fingerprint density at radius 3 is 2.43 bits per heavy atom. The molecule has 1 aliphatic heterocycles. The fourth-order valence-corrected chi connectivity index (χ4v) is 2.89. The predicted octanol–water partition coefficient (Wildman–Crippen LogP) is 2.19. The number of carbonyl (C=O) groups excluding carboxylic acids is 1. The number of benzene rings is 1. The van der Waals surface area contributed by atoms with Crippen molar-refractivity contribution in [2.75, 3.05) is 20.2 Å². The van der Waals surface area contributed by atoms with Crippen molar-refractivity contribution in [2.45, 2.75) is 38.3 Å². The highest BCUT2D eigenvalue weighted by Gasteiger charge is 2.29. The minimum atomic E-state index is 0.220. The van der Waals surface area contributed by atoms with Gasteiger partial charge in [-0.25, -0.2) is 0 Å². The molecule has 0 radical (unpaired) electrons. The maximum Gasteiger partial charge on any atom is 0.223 e. The second-order valence-electron chi connectivity index (χ2n) is 6.18. The van der Waals surface area contributed by atoms with E-state index in [9.17, 15) is 4.79 Å². The van der Waals surface area contributed by atoms with Crippen LogP contribution in [-0.4, -0.2) is 37.0 Å². The Kier molecular flexibility index (Phi) is 4.44. The molecule has 1 saturated carbocycles. The van der Waals surface area contributed by atoms with E-state index >= 15 is 0 Å². The van der Waals surface area contributed by atoms with Crippen LogP contribution in [0.4, 0.5) is 0 Å². The quantitative estimate of drug-likeness (QED) is 0.903. The van der Waals surface area contributed by atoms with E-state index in [0.29, 0.717) is 6.04 Å². The number of carbonyl (C=O) groups is 1. The number of rotatable bonds is 5. The average Bonchev–Trinajstić information content (AvgIpc) is 3.33. The molecule has 4 heteroatoms. The SMILES string of the molecule is COc1ccc(CN2CCC(C(=O)NC3CC3)CC2)cc1. The molecule has 21 heavy (non-hydrogen) atoms. The number of nitrogens with one attached hydrogen (secondary N) is 1. The molecule has 2 fully saturated rings. The molecule has 0 atom stereocenters. The van der Waals surface area contributed by atoms with Crippen molar-refractivity contribution in [3.05, 3.63) is 29.8 Å². The Morgan fingerprint density at radius 2 is 1.86 bits per heavy atom. The zero-order chi connectivity index (χ0) is 14.7. The molecule has 1 amide bonds. The largest absolute Gasteiger partial charge is 0.497 e. The van der Waals surface area contributed by atoms with Gasteiger partial charge in [0.2, 0.25) is 5.91 Å². The molecule has 2 aliphatic rings. The predicted molar refractivity (Wildman–Crippen MR) is 82.2 cm³/mol. The highest BCUT2D eigenvalue weighted by atomic mass is 16.5. The molecule has 4 nitrogen and oxygen atoms in total. The molecule has 0 aromatic heterocycles. The number of amides is 1. The summed E-state index contributed by atoms with van der Waals surface area (Å²) < 4.78 is 5.18. The van der Waals surface area contributed by atoms with Gasteiger partial charge in [0.1, 0.15) is 5.75 Å². The van der Waals surface area contributed by atoms with Crippen molar-refractivity contribution in [3.63, 3.8) is 0 Å². The standard InChI is InChI=1S/C17H24N2O2/c1-21-16-6-2-13(3-7-16)12-19-10-8-14(9-11-19)17(20)18-15-4-5-15/h2-3,6-7,14-15H,4-5,8-12H2,1H3,(H,18,20). The lowest BCUT2D eigenvalue weighted by Gasteiger charge is -2.31. The summed E-state index contributed by atoms with van der Waals surface area (Å²) in [7, 11) is 1.69. The first kappa shape index (κ1) is 14.4. The molecule has 1 N–H and O–H groups in total. The zero-order valence-electron chi connectivity index (χ0n) is 12.7. The van der Waals surface area contributed by atoms with Crippen LogP contribution in [0.25, 0.3) is 0 Å². The third-order valence-electron chi connectivity index (χ3n) is 4.45. The Hall–Kier alpha value is -1.55. The van der Waals surface area contributed by atoms with E-state index in [2.05, 4.69) is 22.3 Å². The fourth-order valence-electron chi connectivity index (χ4n) is 2.89. The molecule has 1 heterocycles. The van der Waals surface area contributed by atoms with E-state index in [4.69, 9.17) is 4.74 Å². The van der Waals surface area contributed by atoms with Crippen LogP contribution >= 0.6 is 0 Å². The Labute approximate surface area is 126 Å². The van der Waals surface area contributed by atoms with Gasteiger partial charge in [0.05, 0.1) is 7.11 Å². The summed E-state index contributed by atoms with van der Waals surface area (Å²) in [6.45, 7) is 2.98. The van der Waals surface area contributed by atoms with Gasteiger partial charge in [-0.1, -0.05) is 12.1 Å². The van der Waals surface area contributed by atoms with Gasteiger partial charge in [-0.2, -0.15) is 0 Å². The smallest absolute Gasteiger partial charge is 0.223 e. The number of methoxy groups -OCH3 is 1. The first-order valence-electron chi connectivity index (χ1n) is 7.90. The van der Waals surface area contributed by atoms with Gasteiger partial charge in [0.25, 0.3) is 0 Å². The summed E-state index contributed by atoms with van der Waals surface area (Å²) >= 11 is 0. The lowest BCUT2D eigenvalue weighted by Crippen LogP contribution is -2.40. The highest BCUT2D eigenvalue weighted by molar-refractivity contribution is 5.79. The molecule has 3 rings (SSSR count). The van der Waals surface area contributed by atoms with Gasteiger partial charge in [-0.05, 0) is 56.5 Å². The van der Waals surface area contributed by atoms with Crippen LogP contribution in [0.2, 0.25) is 0 Å². The third-order valence-corrected chi connectivity index (χ3v) is 4.45. The van der Waals surface area contributed by atoms with E-state index in [-0.39, 0.29) is 11.8 Å². The molecular formula is C17H24N2O2. The molecule has 0 bridgehead atoms. The van der Waals surface area contributed by atoms with Gasteiger partial charge in [-0.15, -0.1) is 0 Å². The normalized spacial score (nSPS) is 20.2. The lowest BCUT2D eigenvalue weighted by atomic mass is 9.95. The number of nitrogens with zero attached hydrogens (tertiary/aromatic N) is 1. The number of piperidine rings is 1. The van der Waals surface area contributed by atoms with E-state index < -0.39 is 0 Å². The van der Waals surface area contributed by atoms with Crippen LogP contribution in [-0.2, 0) is 11.3 Å². The van der Waals surface area contributed by atoms with Crippen LogP contribution in [0.5, 0.6) is 5.75 Å². The maximum atomic E-state index is 12.0. The maximum absolute atomic E-state index is 12.0. The second kappa shape index (κ2) is 6.48. The van der Waals surface area contributed by atoms with Gasteiger partial charge in [-0.3, -0.25) is 9.69 Å². The van der Waals surface area contributed by atoms with Crippen LogP contribution in [0, 0.1) is 5.92 Å². The van der Waals surface area contributed by atoms with Crippen molar-refractivity contribution in [1.82, 2.24) is 10.2 Å². The minimum absolute atomic E-state index is 0.220. The molecule has 1 aromatic carbocycles. The summed E-state index contributed by atoms with van der Waals surface area (Å²) in [6.07, 6.45) is 4.30. The average molecular weight is 288 g/mol. The number of likely N-dealkylation sites (tertiary alicyclic amines) is 1. The topological polar surface area (TPSA) is 41.6 Å². The zero-order valence-corrected chi connectivity index (χ0v) is 12.7. The van der Waals surface area contributed by atoms with E-state index in [1.165, 1.54) is 18.4 Å². The summed E-state index contributed by atoms with van der Waals surface area (Å²) in [6, 6.07) is 8.72. The van der Waals surface area contributed by atoms with Crippen LogP contribution in [0.3, 0.4) is 0 Å². The molecule has 1 aromatic rings. The van der Waals surface area contributed by atoms with Gasteiger partial charge >= 0.3 is 0 Å². The third kappa shape index (κ3) is 3.97. The number of hydrogen-bond donors (Lipinski definition) is 1. The lowest BCUT2D eigenvalue weighted by molar-refractivity contribution is -0.126. The van der Waals surface area contributed by atoms with Crippen molar-refractivity contribution in [3.8, 4) is 5.75 Å². The van der Waals surface area contributed by atoms with E-state index in [0.717, 1.165) is 38.2 Å². The minimum Gasteiger partial charge on any atom is -0.497 e. The van der Waals surface area contributed by atoms with Gasteiger partial charge in [0.15, 0.2) is 0 Å². The molecule has 0 unspecified atom stereocenters. The molecule has 1 aliphatic carbocycles. The second-order valence-corrected chi connectivity index (χ2v) is 6.18. The Morgan fingerprint density at radius 1 is 1.19 bits per heavy atom. The monoisotopic (exact) mass is 288 g/mol. The summed E-state index contributed by atoms with van der Waals surface area (Å²) in [5, 5.41) is 3.13. The molecule has 1 saturated heterocycles. The molecule has 0 spiro atoms. The summed E-state index contributed by atoms with van der Waals surface area (Å²) in [4.78, 5) is 14.5. The first-order chi connectivity index (χ1) is 10.2. The van der Waals surface area contributed by atoms with Gasteiger partial charge < -0.3 is 10.1 Å². The molecule has 114 valence electrons. The number of hydrogen-bond acceptors (Lipinski definition) is 3. The summed E-state index contributed by atoms with van der Waals surface area (Å²) in [5.74, 6) is 1.40. The van der Waals surface area contributed by atoms with Crippen molar-refractivity contribution in [2.24, 2.45) is 5.92 Å². The van der Waals surface area contributed by atoms with E-state index in [1.54, 1.807) is 7.11 Å². The van der Waals surface area contributed by atoms with Gasteiger partial charge in [0, 0.05) is 18.5 Å².